The number of aliphatic carboxylic acids is 1. The van der Waals surface area contributed by atoms with Crippen LogP contribution in [0.25, 0.3) is 0 Å². The number of nitrogens with one attached hydrogen (secondary N) is 2. The van der Waals surface area contributed by atoms with Gasteiger partial charge in [-0.05, 0) is 31.0 Å². The van der Waals surface area contributed by atoms with Gasteiger partial charge in [-0.3, -0.25) is 14.4 Å². The number of hydrogen-bond donors (Lipinski definition) is 3. The molecule has 7 heteroatoms. The minimum absolute atomic E-state index is 0.0365. The van der Waals surface area contributed by atoms with Crippen molar-refractivity contribution in [3.63, 3.8) is 0 Å². The predicted molar refractivity (Wildman–Crippen MR) is 85.1 cm³/mol. The lowest BCUT2D eigenvalue weighted by Gasteiger charge is -2.08. The fraction of sp³-hybridized carbons (Fsp3) is 0.400. The Kier molecular flexibility index (Phi) is 5.83. The monoisotopic (exact) mass is 322 g/mol. The van der Waals surface area contributed by atoms with Crippen molar-refractivity contribution in [2.45, 2.75) is 25.3 Å². The Bertz CT molecular complexity index is 572. The van der Waals surface area contributed by atoms with E-state index in [4.69, 9.17) is 5.11 Å². The van der Waals surface area contributed by atoms with Crippen molar-refractivity contribution in [3.8, 4) is 0 Å². The van der Waals surface area contributed by atoms with E-state index in [1.54, 1.807) is 24.3 Å². The fourth-order valence-electron chi connectivity index (χ4n) is 1.76. The van der Waals surface area contributed by atoms with Crippen LogP contribution in [0.3, 0.4) is 0 Å². The number of rotatable bonds is 8. The second kappa shape index (κ2) is 7.84. The largest absolute Gasteiger partial charge is 0.481 e. The van der Waals surface area contributed by atoms with Crippen LogP contribution in [-0.2, 0) is 9.59 Å². The first-order valence-electron chi connectivity index (χ1n) is 7.05. The first-order chi connectivity index (χ1) is 10.5. The Morgan fingerprint density at radius 1 is 1.27 bits per heavy atom. The molecule has 2 amide bonds. The number of carbonyl (C=O) groups excluding carboxylic acids is 2. The van der Waals surface area contributed by atoms with Gasteiger partial charge in [0, 0.05) is 23.0 Å². The molecule has 0 radical (unpaired) electrons. The zero-order valence-corrected chi connectivity index (χ0v) is 12.8. The number of carboxylic acid groups (broad SMARTS) is 1. The lowest BCUT2D eigenvalue weighted by atomic mass is 10.2. The van der Waals surface area contributed by atoms with E-state index < -0.39 is 5.97 Å². The van der Waals surface area contributed by atoms with Crippen LogP contribution in [0.1, 0.15) is 29.6 Å². The van der Waals surface area contributed by atoms with E-state index in [0.29, 0.717) is 17.0 Å². The van der Waals surface area contributed by atoms with E-state index in [0.717, 1.165) is 12.8 Å². The van der Waals surface area contributed by atoms with Gasteiger partial charge in [-0.25, -0.2) is 0 Å². The topological polar surface area (TPSA) is 95.5 Å². The standard InChI is InChI=1S/C15H18N2O4S/c18-13(9-22-7-6-14(19)20)16-12-3-1-2-10(8-12)15(21)17-11-4-5-11/h1-3,8,11H,4-7,9H2,(H,16,18)(H,17,21)(H,19,20). The molecule has 1 aromatic carbocycles. The second-order valence-corrected chi connectivity index (χ2v) is 6.18. The van der Waals surface area contributed by atoms with Crippen LogP contribution in [-0.4, -0.2) is 40.4 Å². The molecule has 1 fully saturated rings. The molecule has 0 spiro atoms. The highest BCUT2D eigenvalue weighted by molar-refractivity contribution is 7.99. The molecule has 1 saturated carbocycles. The molecule has 22 heavy (non-hydrogen) atoms. The van der Waals surface area contributed by atoms with Crippen LogP contribution < -0.4 is 10.6 Å². The van der Waals surface area contributed by atoms with E-state index in [9.17, 15) is 14.4 Å². The first kappa shape index (κ1) is 16.4. The number of anilines is 1. The van der Waals surface area contributed by atoms with E-state index in [-0.39, 0.29) is 30.0 Å². The molecule has 6 nitrogen and oxygen atoms in total. The normalized spacial score (nSPS) is 13.5. The van der Waals surface area contributed by atoms with Gasteiger partial charge in [0.25, 0.3) is 5.91 Å². The number of amides is 2. The minimum Gasteiger partial charge on any atom is -0.481 e. The molecule has 0 bridgehead atoms. The van der Waals surface area contributed by atoms with Crippen molar-refractivity contribution in [1.82, 2.24) is 5.32 Å². The van der Waals surface area contributed by atoms with Crippen LogP contribution in [0.2, 0.25) is 0 Å². The molecular weight excluding hydrogens is 304 g/mol. The van der Waals surface area contributed by atoms with Gasteiger partial charge in [0.15, 0.2) is 0 Å². The van der Waals surface area contributed by atoms with Crippen molar-refractivity contribution >= 4 is 35.2 Å². The first-order valence-corrected chi connectivity index (χ1v) is 8.20. The molecule has 2 rings (SSSR count). The molecule has 1 aromatic rings. The molecule has 0 unspecified atom stereocenters. The molecule has 0 saturated heterocycles. The van der Waals surface area contributed by atoms with Gasteiger partial charge in [-0.15, -0.1) is 0 Å². The third kappa shape index (κ3) is 5.77. The SMILES string of the molecule is O=C(O)CCSCC(=O)Nc1cccc(C(=O)NC2CC2)c1. The fourth-order valence-corrected chi connectivity index (χ4v) is 2.48. The van der Waals surface area contributed by atoms with Crippen molar-refractivity contribution < 1.29 is 19.5 Å². The highest BCUT2D eigenvalue weighted by Crippen LogP contribution is 2.20. The maximum Gasteiger partial charge on any atom is 0.304 e. The van der Waals surface area contributed by atoms with Crippen LogP contribution in [0.15, 0.2) is 24.3 Å². The molecule has 0 atom stereocenters. The number of benzene rings is 1. The predicted octanol–water partition coefficient (Wildman–Crippen LogP) is 1.73. The highest BCUT2D eigenvalue weighted by atomic mass is 32.2. The summed E-state index contributed by atoms with van der Waals surface area (Å²) in [5.74, 6) is -0.634. The van der Waals surface area contributed by atoms with E-state index >= 15 is 0 Å². The third-order valence-corrected chi connectivity index (χ3v) is 3.97. The van der Waals surface area contributed by atoms with Gasteiger partial charge in [0.2, 0.25) is 5.91 Å². The molecule has 118 valence electrons. The summed E-state index contributed by atoms with van der Waals surface area (Å²) in [5.41, 5.74) is 1.08. The van der Waals surface area contributed by atoms with E-state index in [1.807, 2.05) is 0 Å². The summed E-state index contributed by atoms with van der Waals surface area (Å²) in [7, 11) is 0. The van der Waals surface area contributed by atoms with E-state index in [1.165, 1.54) is 11.8 Å². The average molecular weight is 322 g/mol. The minimum atomic E-state index is -0.873. The van der Waals surface area contributed by atoms with Crippen molar-refractivity contribution in [2.75, 3.05) is 16.8 Å². The van der Waals surface area contributed by atoms with Gasteiger partial charge in [-0.2, -0.15) is 11.8 Å². The lowest BCUT2D eigenvalue weighted by molar-refractivity contribution is -0.136. The Balaban J connectivity index is 1.80. The molecule has 1 aliphatic carbocycles. The summed E-state index contributed by atoms with van der Waals surface area (Å²) in [5, 5.41) is 14.1. The van der Waals surface area contributed by atoms with Gasteiger partial charge in [-0.1, -0.05) is 6.07 Å². The Labute approximate surface area is 132 Å². The summed E-state index contributed by atoms with van der Waals surface area (Å²) >= 11 is 1.26. The van der Waals surface area contributed by atoms with Crippen LogP contribution >= 0.6 is 11.8 Å². The Morgan fingerprint density at radius 2 is 2.05 bits per heavy atom. The average Bonchev–Trinajstić information content (AvgIpc) is 3.27. The maximum absolute atomic E-state index is 11.9. The summed E-state index contributed by atoms with van der Waals surface area (Å²) in [6.45, 7) is 0. The van der Waals surface area contributed by atoms with Crippen molar-refractivity contribution in [1.29, 1.82) is 0 Å². The summed E-state index contributed by atoms with van der Waals surface area (Å²) < 4.78 is 0. The van der Waals surface area contributed by atoms with Gasteiger partial charge in [0.1, 0.15) is 0 Å². The smallest absolute Gasteiger partial charge is 0.304 e. The Morgan fingerprint density at radius 3 is 2.73 bits per heavy atom. The van der Waals surface area contributed by atoms with E-state index in [2.05, 4.69) is 10.6 Å². The van der Waals surface area contributed by atoms with Crippen molar-refractivity contribution in [3.05, 3.63) is 29.8 Å². The van der Waals surface area contributed by atoms with Gasteiger partial charge in [0.05, 0.1) is 12.2 Å². The van der Waals surface area contributed by atoms with Crippen LogP contribution in [0, 0.1) is 0 Å². The summed E-state index contributed by atoms with van der Waals surface area (Å²) in [4.78, 5) is 34.0. The molecule has 0 heterocycles. The third-order valence-electron chi connectivity index (χ3n) is 3.01. The lowest BCUT2D eigenvalue weighted by Crippen LogP contribution is -2.25. The molecule has 3 N–H and O–H groups in total. The van der Waals surface area contributed by atoms with Crippen molar-refractivity contribution in [2.24, 2.45) is 0 Å². The van der Waals surface area contributed by atoms with Gasteiger partial charge >= 0.3 is 5.97 Å². The summed E-state index contributed by atoms with van der Waals surface area (Å²) in [6, 6.07) is 7.06. The molecule has 1 aliphatic rings. The number of carbonyl (C=O) groups is 3. The Hall–Kier alpha value is -2.02. The zero-order chi connectivity index (χ0) is 15.9. The molecule has 0 aromatic heterocycles. The molecule has 0 aliphatic heterocycles. The number of carboxylic acids is 1. The number of thioether (sulfide) groups is 1. The maximum atomic E-state index is 11.9. The van der Waals surface area contributed by atoms with Gasteiger partial charge < -0.3 is 15.7 Å². The number of hydrogen-bond acceptors (Lipinski definition) is 4. The zero-order valence-electron chi connectivity index (χ0n) is 12.0. The highest BCUT2D eigenvalue weighted by Gasteiger charge is 2.23. The molecular formula is C15H18N2O4S. The quantitative estimate of drug-likeness (QED) is 0.634. The van der Waals surface area contributed by atoms with Crippen LogP contribution in [0.5, 0.6) is 0 Å². The summed E-state index contributed by atoms with van der Waals surface area (Å²) in [6.07, 6.45) is 2.08. The second-order valence-electron chi connectivity index (χ2n) is 5.07. The van der Waals surface area contributed by atoms with Crippen LogP contribution in [0.4, 0.5) is 5.69 Å².